The molecule has 3 aromatic carbocycles. The predicted molar refractivity (Wildman–Crippen MR) is 137 cm³/mol. The quantitative estimate of drug-likeness (QED) is 0.189. The van der Waals surface area contributed by atoms with E-state index in [1.165, 1.54) is 0 Å². The smallest absolute Gasteiger partial charge is 0.205 e. The molecule has 0 radical (unpaired) electrons. The second-order valence-electron chi connectivity index (χ2n) is 8.11. The number of aromatic amines is 1. The van der Waals surface area contributed by atoms with E-state index >= 15 is 0 Å². The van der Waals surface area contributed by atoms with Crippen molar-refractivity contribution in [2.75, 3.05) is 7.11 Å². The molecule has 0 aliphatic rings. The largest absolute Gasteiger partial charge is 0.497 e. The van der Waals surface area contributed by atoms with Crippen LogP contribution in [0.2, 0.25) is 0 Å². The summed E-state index contributed by atoms with van der Waals surface area (Å²) in [5.74, 6) is 0.409. The molecule has 5 aromatic rings. The van der Waals surface area contributed by atoms with Crippen molar-refractivity contribution in [3.8, 4) is 28.8 Å². The van der Waals surface area contributed by atoms with Gasteiger partial charge in [0.05, 0.1) is 24.1 Å². The van der Waals surface area contributed by atoms with Crippen LogP contribution in [0, 0.1) is 18.3 Å². The minimum Gasteiger partial charge on any atom is -0.497 e. The van der Waals surface area contributed by atoms with Gasteiger partial charge in [-0.05, 0) is 55.5 Å². The summed E-state index contributed by atoms with van der Waals surface area (Å²) in [5, 5.41) is 15.6. The zero-order valence-electron chi connectivity index (χ0n) is 19.3. The highest BCUT2D eigenvalue weighted by Gasteiger charge is 2.21. The number of benzene rings is 3. The first-order valence-corrected chi connectivity index (χ1v) is 11.1. The lowest BCUT2D eigenvalue weighted by molar-refractivity contribution is 0.104. The van der Waals surface area contributed by atoms with Gasteiger partial charge in [-0.15, -0.1) is 0 Å². The molecule has 0 atom stereocenters. The van der Waals surface area contributed by atoms with Crippen LogP contribution >= 0.6 is 0 Å². The number of nitrogens with one attached hydrogen (secondary N) is 1. The fourth-order valence-corrected chi connectivity index (χ4v) is 4.19. The van der Waals surface area contributed by atoms with Gasteiger partial charge in [0.15, 0.2) is 0 Å². The highest BCUT2D eigenvalue weighted by Crippen LogP contribution is 2.29. The Morgan fingerprint density at radius 1 is 1.03 bits per heavy atom. The van der Waals surface area contributed by atoms with Gasteiger partial charge in [0, 0.05) is 33.9 Å². The van der Waals surface area contributed by atoms with Crippen molar-refractivity contribution in [3.63, 3.8) is 0 Å². The first kappa shape index (κ1) is 21.9. The average molecular weight is 459 g/mol. The lowest BCUT2D eigenvalue weighted by Gasteiger charge is -2.03. The minimum absolute atomic E-state index is 0.0419. The highest BCUT2D eigenvalue weighted by molar-refractivity contribution is 6.20. The van der Waals surface area contributed by atoms with E-state index in [2.05, 4.69) is 11.1 Å². The number of aryl methyl sites for hydroxylation is 1. The number of ketones is 1. The van der Waals surface area contributed by atoms with Gasteiger partial charge in [-0.3, -0.25) is 4.79 Å². The molecule has 0 saturated carbocycles. The number of rotatable bonds is 6. The van der Waals surface area contributed by atoms with Crippen LogP contribution in [0.1, 0.15) is 21.6 Å². The van der Waals surface area contributed by atoms with E-state index in [1.54, 1.807) is 17.9 Å². The first-order valence-electron chi connectivity index (χ1n) is 11.1. The fourth-order valence-electron chi connectivity index (χ4n) is 4.19. The van der Waals surface area contributed by atoms with Gasteiger partial charge in [-0.25, -0.2) is 4.68 Å². The number of hydrogen-bond acceptors (Lipinski definition) is 4. The van der Waals surface area contributed by atoms with Crippen LogP contribution in [-0.4, -0.2) is 27.7 Å². The second kappa shape index (κ2) is 9.16. The normalized spacial score (nSPS) is 11.4. The molecule has 5 rings (SSSR count). The Morgan fingerprint density at radius 3 is 2.46 bits per heavy atom. The van der Waals surface area contributed by atoms with Crippen molar-refractivity contribution in [1.29, 1.82) is 5.26 Å². The van der Waals surface area contributed by atoms with Crippen molar-refractivity contribution < 1.29 is 9.53 Å². The van der Waals surface area contributed by atoms with Crippen LogP contribution in [0.3, 0.4) is 0 Å². The fraction of sp³-hybridized carbons (Fsp3) is 0.0690. The number of allylic oxidation sites excluding steroid dienone is 1. The highest BCUT2D eigenvalue weighted by atomic mass is 16.5. The first-order chi connectivity index (χ1) is 17.1. The van der Waals surface area contributed by atoms with E-state index in [0.29, 0.717) is 16.8 Å². The monoisotopic (exact) mass is 458 g/mol. The van der Waals surface area contributed by atoms with Crippen LogP contribution in [0.15, 0.2) is 90.6 Å². The number of hydrogen-bond donors (Lipinski definition) is 1. The van der Waals surface area contributed by atoms with Crippen LogP contribution in [-0.2, 0) is 0 Å². The van der Waals surface area contributed by atoms with E-state index in [9.17, 15) is 10.1 Å². The third-order valence-corrected chi connectivity index (χ3v) is 5.91. The Kier molecular flexibility index (Phi) is 5.74. The molecule has 0 amide bonds. The maximum atomic E-state index is 13.5. The van der Waals surface area contributed by atoms with Gasteiger partial charge in [0.25, 0.3) is 0 Å². The van der Waals surface area contributed by atoms with Crippen LogP contribution in [0.5, 0.6) is 5.75 Å². The number of nitrogens with zero attached hydrogens (tertiary/aromatic N) is 3. The number of carbonyl (C=O) groups excluding carboxylic acids is 1. The standard InChI is InChI=1S/C29H22N4O2/c1-19-27(25-10-6-7-11-26(25)31-19)29(34)21(17-30)16-22-18-33(23-8-4-3-5-9-23)32-28(22)20-12-14-24(35-2)15-13-20/h3-16,18,31H,1-2H3. The number of para-hydroxylation sites is 2. The number of methoxy groups -OCH3 is 1. The Balaban J connectivity index is 1.64. The number of aromatic nitrogens is 3. The maximum Gasteiger partial charge on any atom is 0.205 e. The zero-order chi connectivity index (χ0) is 24.4. The van der Waals surface area contributed by atoms with E-state index in [4.69, 9.17) is 9.84 Å². The Morgan fingerprint density at radius 2 is 1.74 bits per heavy atom. The van der Waals surface area contributed by atoms with E-state index in [-0.39, 0.29) is 11.4 Å². The summed E-state index contributed by atoms with van der Waals surface area (Å²) in [4.78, 5) is 16.8. The van der Waals surface area contributed by atoms with E-state index < -0.39 is 0 Å². The van der Waals surface area contributed by atoms with Crippen molar-refractivity contribution in [2.45, 2.75) is 6.92 Å². The van der Waals surface area contributed by atoms with Crippen LogP contribution in [0.4, 0.5) is 0 Å². The molecule has 35 heavy (non-hydrogen) atoms. The molecule has 0 aliphatic heterocycles. The molecule has 2 heterocycles. The second-order valence-corrected chi connectivity index (χ2v) is 8.11. The average Bonchev–Trinajstić information content (AvgIpc) is 3.47. The lowest BCUT2D eigenvalue weighted by Crippen LogP contribution is -2.03. The van der Waals surface area contributed by atoms with E-state index in [0.717, 1.165) is 33.6 Å². The molecule has 0 unspecified atom stereocenters. The van der Waals surface area contributed by atoms with Crippen molar-refractivity contribution >= 4 is 22.8 Å². The number of ether oxygens (including phenoxy) is 1. The summed E-state index contributed by atoms with van der Waals surface area (Å²) >= 11 is 0. The molecule has 6 nitrogen and oxygen atoms in total. The zero-order valence-corrected chi connectivity index (χ0v) is 19.3. The SMILES string of the molecule is COc1ccc(-c2nn(-c3ccccc3)cc2C=C(C#N)C(=O)c2c(C)[nH]c3ccccc23)cc1. The number of fused-ring (bicyclic) bond motifs is 1. The van der Waals surface area contributed by atoms with Gasteiger partial charge in [-0.2, -0.15) is 10.4 Å². The van der Waals surface area contributed by atoms with Crippen LogP contribution in [0.25, 0.3) is 33.9 Å². The molecule has 0 saturated heterocycles. The molecule has 6 heteroatoms. The summed E-state index contributed by atoms with van der Waals surface area (Å²) in [6.07, 6.45) is 3.46. The van der Waals surface area contributed by atoms with Gasteiger partial charge < -0.3 is 9.72 Å². The molecule has 0 fully saturated rings. The third kappa shape index (κ3) is 4.11. The minimum atomic E-state index is -0.324. The molecule has 0 aliphatic carbocycles. The Bertz CT molecular complexity index is 1600. The predicted octanol–water partition coefficient (Wildman–Crippen LogP) is 6.13. The molecule has 170 valence electrons. The molecular formula is C29H22N4O2. The lowest BCUT2D eigenvalue weighted by atomic mass is 9.98. The molecule has 0 spiro atoms. The van der Waals surface area contributed by atoms with Crippen molar-refractivity contribution in [1.82, 2.24) is 14.8 Å². The third-order valence-electron chi connectivity index (χ3n) is 5.91. The molecular weight excluding hydrogens is 436 g/mol. The van der Waals surface area contributed by atoms with Crippen LogP contribution < -0.4 is 4.74 Å². The summed E-state index contributed by atoms with van der Waals surface area (Å²) in [6, 6.07) is 26.9. The maximum absolute atomic E-state index is 13.5. The Labute approximate surface area is 202 Å². The number of nitriles is 1. The van der Waals surface area contributed by atoms with Crippen molar-refractivity contribution in [3.05, 3.63) is 107 Å². The van der Waals surface area contributed by atoms with Gasteiger partial charge in [0.1, 0.15) is 17.4 Å². The number of carbonyl (C=O) groups is 1. The Hall–Kier alpha value is -4.89. The summed E-state index contributed by atoms with van der Waals surface area (Å²) in [6.45, 7) is 1.85. The summed E-state index contributed by atoms with van der Waals surface area (Å²) in [5.41, 5.74) is 5.19. The number of H-pyrrole nitrogens is 1. The van der Waals surface area contributed by atoms with Crippen molar-refractivity contribution in [2.24, 2.45) is 0 Å². The van der Waals surface area contributed by atoms with E-state index in [1.807, 2.05) is 92.0 Å². The van der Waals surface area contributed by atoms with Gasteiger partial charge >= 0.3 is 0 Å². The van der Waals surface area contributed by atoms with Gasteiger partial charge in [0.2, 0.25) is 5.78 Å². The number of Topliss-reactive ketones (excluding diaryl/α,β-unsaturated/α-hetero) is 1. The molecule has 1 N–H and O–H groups in total. The molecule has 0 bridgehead atoms. The summed E-state index contributed by atoms with van der Waals surface area (Å²) < 4.78 is 7.03. The van der Waals surface area contributed by atoms with Gasteiger partial charge in [-0.1, -0.05) is 36.4 Å². The summed E-state index contributed by atoms with van der Waals surface area (Å²) in [7, 11) is 1.62. The molecule has 2 aromatic heterocycles. The topological polar surface area (TPSA) is 83.7 Å².